The van der Waals surface area contributed by atoms with E-state index in [2.05, 4.69) is 6.07 Å². The van der Waals surface area contributed by atoms with Gasteiger partial charge in [-0.2, -0.15) is 5.26 Å². The van der Waals surface area contributed by atoms with Crippen molar-refractivity contribution in [3.8, 4) is 6.07 Å². The van der Waals surface area contributed by atoms with E-state index in [1.165, 1.54) is 0 Å². The third-order valence-corrected chi connectivity index (χ3v) is 2.84. The van der Waals surface area contributed by atoms with E-state index in [4.69, 9.17) is 10.00 Å². The molecule has 1 fully saturated rings. The van der Waals surface area contributed by atoms with E-state index in [0.29, 0.717) is 12.8 Å². The van der Waals surface area contributed by atoms with Crippen LogP contribution in [0.3, 0.4) is 0 Å². The summed E-state index contributed by atoms with van der Waals surface area (Å²) < 4.78 is 5.21. The number of nitrogens with zero attached hydrogens (tertiary/aromatic N) is 1. The van der Waals surface area contributed by atoms with Crippen LogP contribution in [0, 0.1) is 22.7 Å². The number of nitriles is 1. The van der Waals surface area contributed by atoms with Crippen molar-refractivity contribution in [2.75, 3.05) is 7.11 Å². The lowest BCUT2D eigenvalue weighted by Crippen LogP contribution is -2.30. The standard InChI is InChI=1S/C10H15NO2/c1-10(2,6-11)8-4-7(12)5-9(8)13-3/h8-9H,4-5H2,1-3H3. The van der Waals surface area contributed by atoms with E-state index in [1.54, 1.807) is 7.11 Å². The van der Waals surface area contributed by atoms with Gasteiger partial charge in [0.15, 0.2) is 0 Å². The Morgan fingerprint density at radius 1 is 1.54 bits per heavy atom. The average molecular weight is 181 g/mol. The van der Waals surface area contributed by atoms with E-state index in [9.17, 15) is 4.79 Å². The van der Waals surface area contributed by atoms with Gasteiger partial charge in [0, 0.05) is 25.9 Å². The van der Waals surface area contributed by atoms with Gasteiger partial charge in [0.05, 0.1) is 17.6 Å². The van der Waals surface area contributed by atoms with Crippen molar-refractivity contribution < 1.29 is 9.53 Å². The normalized spacial score (nSPS) is 28.9. The minimum atomic E-state index is -0.465. The van der Waals surface area contributed by atoms with Crippen LogP contribution < -0.4 is 0 Å². The van der Waals surface area contributed by atoms with E-state index in [0.717, 1.165) is 0 Å². The Morgan fingerprint density at radius 3 is 2.62 bits per heavy atom. The first kappa shape index (κ1) is 10.2. The first-order valence-corrected chi connectivity index (χ1v) is 4.47. The number of carbonyl (C=O) groups is 1. The summed E-state index contributed by atoms with van der Waals surface area (Å²) in [5.74, 6) is 0.259. The average Bonchev–Trinajstić information content (AvgIpc) is 2.47. The van der Waals surface area contributed by atoms with E-state index >= 15 is 0 Å². The number of carbonyl (C=O) groups excluding carboxylic acids is 1. The van der Waals surface area contributed by atoms with Gasteiger partial charge < -0.3 is 4.74 Å². The number of Topliss-reactive ketones (excluding diaryl/α,β-unsaturated/α-hetero) is 1. The molecular weight excluding hydrogens is 166 g/mol. The van der Waals surface area contributed by atoms with Gasteiger partial charge in [-0.1, -0.05) is 0 Å². The van der Waals surface area contributed by atoms with E-state index in [1.807, 2.05) is 13.8 Å². The molecule has 1 aliphatic rings. The monoisotopic (exact) mass is 181 g/mol. The molecule has 0 bridgehead atoms. The fourth-order valence-corrected chi connectivity index (χ4v) is 1.88. The van der Waals surface area contributed by atoms with Crippen LogP contribution in [-0.2, 0) is 9.53 Å². The maximum Gasteiger partial charge on any atom is 0.135 e. The largest absolute Gasteiger partial charge is 0.381 e. The Morgan fingerprint density at radius 2 is 2.15 bits per heavy atom. The van der Waals surface area contributed by atoms with Crippen molar-refractivity contribution in [3.63, 3.8) is 0 Å². The van der Waals surface area contributed by atoms with Crippen LogP contribution in [0.5, 0.6) is 0 Å². The fourth-order valence-electron chi connectivity index (χ4n) is 1.88. The number of hydrogen-bond donors (Lipinski definition) is 0. The molecule has 0 aromatic carbocycles. The zero-order chi connectivity index (χ0) is 10.1. The maximum atomic E-state index is 11.2. The third-order valence-electron chi connectivity index (χ3n) is 2.84. The highest BCUT2D eigenvalue weighted by molar-refractivity contribution is 5.81. The quantitative estimate of drug-likeness (QED) is 0.649. The Labute approximate surface area is 78.7 Å². The molecule has 0 heterocycles. The van der Waals surface area contributed by atoms with Gasteiger partial charge in [-0.05, 0) is 13.8 Å². The molecule has 3 nitrogen and oxygen atoms in total. The van der Waals surface area contributed by atoms with Crippen molar-refractivity contribution >= 4 is 5.78 Å². The smallest absolute Gasteiger partial charge is 0.135 e. The minimum absolute atomic E-state index is 0.0509. The molecular formula is C10H15NO2. The zero-order valence-corrected chi connectivity index (χ0v) is 8.33. The topological polar surface area (TPSA) is 50.1 Å². The summed E-state index contributed by atoms with van der Waals surface area (Å²) in [7, 11) is 1.60. The van der Waals surface area contributed by atoms with Crippen molar-refractivity contribution in [2.24, 2.45) is 11.3 Å². The molecule has 3 heteroatoms. The Bertz CT molecular complexity index is 252. The van der Waals surface area contributed by atoms with Gasteiger partial charge >= 0.3 is 0 Å². The summed E-state index contributed by atoms with van der Waals surface area (Å²) >= 11 is 0. The Kier molecular flexibility index (Phi) is 2.72. The van der Waals surface area contributed by atoms with Gasteiger partial charge in [-0.15, -0.1) is 0 Å². The van der Waals surface area contributed by atoms with Gasteiger partial charge in [0.2, 0.25) is 0 Å². The summed E-state index contributed by atoms with van der Waals surface area (Å²) in [6, 6.07) is 2.24. The Hall–Kier alpha value is -0.880. The lowest BCUT2D eigenvalue weighted by molar-refractivity contribution is -0.118. The SMILES string of the molecule is COC1CC(=O)CC1C(C)(C)C#N. The number of rotatable bonds is 2. The molecule has 0 saturated heterocycles. The summed E-state index contributed by atoms with van der Waals surface area (Å²) in [5.41, 5.74) is -0.465. The molecule has 0 radical (unpaired) electrons. The summed E-state index contributed by atoms with van der Waals surface area (Å²) in [6.45, 7) is 3.73. The van der Waals surface area contributed by atoms with Crippen molar-refractivity contribution in [1.82, 2.24) is 0 Å². The van der Waals surface area contributed by atoms with Crippen LogP contribution in [0.1, 0.15) is 26.7 Å². The van der Waals surface area contributed by atoms with Crippen LogP contribution >= 0.6 is 0 Å². The van der Waals surface area contributed by atoms with Crippen LogP contribution in [0.2, 0.25) is 0 Å². The number of ketones is 1. The summed E-state index contributed by atoms with van der Waals surface area (Å²) in [6.07, 6.45) is 0.882. The van der Waals surface area contributed by atoms with Gasteiger partial charge in [0.1, 0.15) is 5.78 Å². The van der Waals surface area contributed by atoms with Crippen LogP contribution in [0.15, 0.2) is 0 Å². The number of methoxy groups -OCH3 is 1. The second-order valence-corrected chi connectivity index (χ2v) is 4.16. The second-order valence-electron chi connectivity index (χ2n) is 4.16. The van der Waals surface area contributed by atoms with E-state index < -0.39 is 5.41 Å². The third kappa shape index (κ3) is 1.89. The second kappa shape index (κ2) is 3.47. The van der Waals surface area contributed by atoms with Crippen LogP contribution in [0.25, 0.3) is 0 Å². The lowest BCUT2D eigenvalue weighted by atomic mass is 9.78. The molecule has 0 N–H and O–H groups in total. The number of hydrogen-bond acceptors (Lipinski definition) is 3. The highest BCUT2D eigenvalue weighted by Gasteiger charge is 2.42. The molecule has 0 amide bonds. The van der Waals surface area contributed by atoms with Crippen molar-refractivity contribution in [2.45, 2.75) is 32.8 Å². The molecule has 2 atom stereocenters. The molecule has 1 aliphatic carbocycles. The molecule has 2 unspecified atom stereocenters. The van der Waals surface area contributed by atoms with Crippen LogP contribution in [-0.4, -0.2) is 19.0 Å². The molecule has 13 heavy (non-hydrogen) atoms. The maximum absolute atomic E-state index is 11.2. The van der Waals surface area contributed by atoms with Crippen LogP contribution in [0.4, 0.5) is 0 Å². The predicted molar refractivity (Wildman–Crippen MR) is 47.9 cm³/mol. The van der Waals surface area contributed by atoms with Gasteiger partial charge in [-0.3, -0.25) is 4.79 Å². The first-order chi connectivity index (χ1) is 6.01. The molecule has 1 rings (SSSR count). The zero-order valence-electron chi connectivity index (χ0n) is 8.33. The summed E-state index contributed by atoms with van der Waals surface area (Å²) in [5, 5.41) is 8.94. The van der Waals surface area contributed by atoms with E-state index in [-0.39, 0.29) is 17.8 Å². The fraction of sp³-hybridized carbons (Fsp3) is 0.800. The highest BCUT2D eigenvalue weighted by Crippen LogP contribution is 2.38. The molecule has 72 valence electrons. The number of ether oxygens (including phenoxy) is 1. The Balaban J connectivity index is 2.81. The molecule has 0 aromatic rings. The molecule has 0 spiro atoms. The van der Waals surface area contributed by atoms with Gasteiger partial charge in [0.25, 0.3) is 0 Å². The predicted octanol–water partition coefficient (Wildman–Crippen LogP) is 1.53. The molecule has 1 saturated carbocycles. The summed E-state index contributed by atoms with van der Waals surface area (Å²) in [4.78, 5) is 11.2. The first-order valence-electron chi connectivity index (χ1n) is 4.47. The molecule has 0 aromatic heterocycles. The van der Waals surface area contributed by atoms with Crippen molar-refractivity contribution in [1.29, 1.82) is 5.26 Å². The minimum Gasteiger partial charge on any atom is -0.381 e. The van der Waals surface area contributed by atoms with Crippen molar-refractivity contribution in [3.05, 3.63) is 0 Å². The van der Waals surface area contributed by atoms with Gasteiger partial charge in [-0.25, -0.2) is 0 Å². The lowest BCUT2D eigenvalue weighted by Gasteiger charge is -2.27. The highest BCUT2D eigenvalue weighted by atomic mass is 16.5. The molecule has 0 aliphatic heterocycles.